The SMILES string of the molecule is CC(C)(C)C(=O)Nc1ccc2oc(-c3cccc(Br)c3)nc2c1. The number of rotatable bonds is 2. The molecule has 23 heavy (non-hydrogen) atoms. The number of hydrogen-bond donors (Lipinski definition) is 1. The van der Waals surface area contributed by atoms with E-state index in [4.69, 9.17) is 4.42 Å². The lowest BCUT2D eigenvalue weighted by atomic mass is 9.95. The second-order valence-corrected chi connectivity index (χ2v) is 7.33. The highest BCUT2D eigenvalue weighted by Crippen LogP contribution is 2.28. The fourth-order valence-corrected chi connectivity index (χ4v) is 2.47. The predicted molar refractivity (Wildman–Crippen MR) is 95.2 cm³/mol. The van der Waals surface area contributed by atoms with Gasteiger partial charge in [0.2, 0.25) is 11.8 Å². The number of carbonyl (C=O) groups is 1. The monoisotopic (exact) mass is 372 g/mol. The van der Waals surface area contributed by atoms with Crippen molar-refractivity contribution in [3.05, 3.63) is 46.9 Å². The van der Waals surface area contributed by atoms with E-state index in [1.165, 1.54) is 0 Å². The number of hydrogen-bond acceptors (Lipinski definition) is 3. The molecule has 1 N–H and O–H groups in total. The molecule has 2 aromatic carbocycles. The smallest absolute Gasteiger partial charge is 0.229 e. The maximum atomic E-state index is 12.1. The number of aromatic nitrogens is 1. The van der Waals surface area contributed by atoms with E-state index in [1.54, 1.807) is 0 Å². The standard InChI is InChI=1S/C18H17BrN2O2/c1-18(2,3)17(22)20-13-7-8-15-14(10-13)21-16(23-15)11-5-4-6-12(19)9-11/h4-10H,1-3H3,(H,20,22). The molecule has 0 spiro atoms. The molecule has 0 aliphatic carbocycles. The van der Waals surface area contributed by atoms with Crippen molar-refractivity contribution in [3.8, 4) is 11.5 Å². The molecule has 3 rings (SSSR count). The molecule has 1 aromatic heterocycles. The van der Waals surface area contributed by atoms with Crippen LogP contribution in [0.3, 0.4) is 0 Å². The van der Waals surface area contributed by atoms with E-state index in [0.717, 1.165) is 10.0 Å². The first-order valence-electron chi connectivity index (χ1n) is 7.31. The molecule has 0 atom stereocenters. The van der Waals surface area contributed by atoms with E-state index in [9.17, 15) is 4.79 Å². The Morgan fingerprint density at radius 3 is 2.65 bits per heavy atom. The van der Waals surface area contributed by atoms with E-state index < -0.39 is 5.41 Å². The Hall–Kier alpha value is -2.14. The van der Waals surface area contributed by atoms with Crippen molar-refractivity contribution in [2.45, 2.75) is 20.8 Å². The number of anilines is 1. The van der Waals surface area contributed by atoms with Crippen LogP contribution in [0.2, 0.25) is 0 Å². The first kappa shape index (κ1) is 15.7. The molecule has 3 aromatic rings. The van der Waals surface area contributed by atoms with Crippen molar-refractivity contribution in [3.63, 3.8) is 0 Å². The van der Waals surface area contributed by atoms with Crippen molar-refractivity contribution >= 4 is 38.6 Å². The molecule has 1 amide bonds. The van der Waals surface area contributed by atoms with E-state index in [2.05, 4.69) is 26.2 Å². The van der Waals surface area contributed by atoms with Crippen LogP contribution in [0.15, 0.2) is 51.4 Å². The molecule has 0 aliphatic rings. The largest absolute Gasteiger partial charge is 0.436 e. The van der Waals surface area contributed by atoms with Crippen LogP contribution < -0.4 is 5.32 Å². The van der Waals surface area contributed by atoms with Gasteiger partial charge in [-0.05, 0) is 36.4 Å². The molecule has 4 nitrogen and oxygen atoms in total. The second-order valence-electron chi connectivity index (χ2n) is 6.42. The minimum absolute atomic E-state index is 0.0347. The van der Waals surface area contributed by atoms with E-state index >= 15 is 0 Å². The number of oxazole rings is 1. The van der Waals surface area contributed by atoms with Crippen LogP contribution in [0.5, 0.6) is 0 Å². The van der Waals surface area contributed by atoms with Crippen LogP contribution in [-0.4, -0.2) is 10.9 Å². The summed E-state index contributed by atoms with van der Waals surface area (Å²) >= 11 is 3.44. The maximum Gasteiger partial charge on any atom is 0.229 e. The van der Waals surface area contributed by atoms with Gasteiger partial charge in [0.15, 0.2) is 5.58 Å². The van der Waals surface area contributed by atoms with Crippen molar-refractivity contribution < 1.29 is 9.21 Å². The summed E-state index contributed by atoms with van der Waals surface area (Å²) in [5.74, 6) is 0.521. The van der Waals surface area contributed by atoms with Crippen molar-refractivity contribution in [2.75, 3.05) is 5.32 Å². The zero-order chi connectivity index (χ0) is 16.6. The number of carbonyl (C=O) groups excluding carboxylic acids is 1. The van der Waals surface area contributed by atoms with E-state index in [1.807, 2.05) is 63.2 Å². The lowest BCUT2D eigenvalue weighted by molar-refractivity contribution is -0.123. The van der Waals surface area contributed by atoms with Crippen LogP contribution in [0.25, 0.3) is 22.6 Å². The molecule has 1 heterocycles. The van der Waals surface area contributed by atoms with Crippen LogP contribution in [0.4, 0.5) is 5.69 Å². The van der Waals surface area contributed by atoms with Gasteiger partial charge in [0.1, 0.15) is 5.52 Å². The van der Waals surface area contributed by atoms with E-state index in [-0.39, 0.29) is 5.91 Å². The normalized spacial score (nSPS) is 11.7. The Labute approximate surface area is 143 Å². The molecule has 0 bridgehead atoms. The average Bonchev–Trinajstić information content (AvgIpc) is 2.89. The van der Waals surface area contributed by atoms with Crippen molar-refractivity contribution in [2.24, 2.45) is 5.41 Å². The van der Waals surface area contributed by atoms with Crippen LogP contribution in [0, 0.1) is 5.41 Å². The van der Waals surface area contributed by atoms with Gasteiger partial charge in [-0.1, -0.05) is 42.8 Å². The number of fused-ring (bicyclic) bond motifs is 1. The summed E-state index contributed by atoms with van der Waals surface area (Å²) < 4.78 is 6.76. The highest BCUT2D eigenvalue weighted by Gasteiger charge is 2.21. The molecule has 0 saturated heterocycles. The van der Waals surface area contributed by atoms with Crippen LogP contribution in [-0.2, 0) is 4.79 Å². The summed E-state index contributed by atoms with van der Waals surface area (Å²) in [6.07, 6.45) is 0. The Kier molecular flexibility index (Phi) is 3.98. The van der Waals surface area contributed by atoms with Crippen LogP contribution >= 0.6 is 15.9 Å². The molecule has 0 saturated carbocycles. The lowest BCUT2D eigenvalue weighted by Gasteiger charge is -2.17. The molecule has 118 valence electrons. The number of nitrogens with zero attached hydrogens (tertiary/aromatic N) is 1. The Morgan fingerprint density at radius 1 is 1.17 bits per heavy atom. The molecule has 0 aliphatic heterocycles. The third kappa shape index (κ3) is 3.45. The van der Waals surface area contributed by atoms with Gasteiger partial charge in [-0.15, -0.1) is 0 Å². The van der Waals surface area contributed by atoms with Crippen molar-refractivity contribution in [1.82, 2.24) is 4.98 Å². The van der Waals surface area contributed by atoms with Gasteiger partial charge in [0.25, 0.3) is 0 Å². The zero-order valence-corrected chi connectivity index (χ0v) is 14.8. The quantitative estimate of drug-likeness (QED) is 0.668. The summed E-state index contributed by atoms with van der Waals surface area (Å²) in [5, 5.41) is 2.90. The van der Waals surface area contributed by atoms with Gasteiger partial charge < -0.3 is 9.73 Å². The summed E-state index contributed by atoms with van der Waals surface area (Å²) in [6.45, 7) is 5.63. The molecule has 0 unspecified atom stereocenters. The zero-order valence-electron chi connectivity index (χ0n) is 13.2. The minimum atomic E-state index is -0.444. The van der Waals surface area contributed by atoms with Gasteiger partial charge >= 0.3 is 0 Å². The second kappa shape index (κ2) is 5.81. The van der Waals surface area contributed by atoms with Crippen LogP contribution in [0.1, 0.15) is 20.8 Å². The summed E-state index contributed by atoms with van der Waals surface area (Å²) in [6, 6.07) is 13.2. The summed E-state index contributed by atoms with van der Waals surface area (Å²) in [7, 11) is 0. The lowest BCUT2D eigenvalue weighted by Crippen LogP contribution is -2.27. The number of nitrogens with one attached hydrogen (secondary N) is 1. The van der Waals surface area contributed by atoms with Crippen molar-refractivity contribution in [1.29, 1.82) is 0 Å². The average molecular weight is 373 g/mol. The maximum absolute atomic E-state index is 12.1. The first-order valence-corrected chi connectivity index (χ1v) is 8.10. The first-order chi connectivity index (χ1) is 10.8. The summed E-state index contributed by atoms with van der Waals surface area (Å²) in [4.78, 5) is 16.6. The fourth-order valence-electron chi connectivity index (χ4n) is 2.07. The molecule has 5 heteroatoms. The molecule has 0 fully saturated rings. The Balaban J connectivity index is 1.94. The van der Waals surface area contributed by atoms with E-state index in [0.29, 0.717) is 22.7 Å². The summed E-state index contributed by atoms with van der Waals surface area (Å²) in [5.41, 5.74) is 2.57. The Bertz CT molecular complexity index is 878. The highest BCUT2D eigenvalue weighted by molar-refractivity contribution is 9.10. The minimum Gasteiger partial charge on any atom is -0.436 e. The Morgan fingerprint density at radius 2 is 1.96 bits per heavy atom. The topological polar surface area (TPSA) is 55.1 Å². The van der Waals surface area contributed by atoms with Gasteiger partial charge in [-0.25, -0.2) is 4.98 Å². The fraction of sp³-hybridized carbons (Fsp3) is 0.222. The number of amides is 1. The molecule has 0 radical (unpaired) electrons. The predicted octanol–water partition coefficient (Wildman–Crippen LogP) is 5.24. The van der Waals surface area contributed by atoms with Gasteiger partial charge in [-0.2, -0.15) is 0 Å². The number of benzene rings is 2. The third-order valence-corrected chi connectivity index (χ3v) is 3.89. The number of halogens is 1. The molecular formula is C18H17BrN2O2. The van der Waals surface area contributed by atoms with Gasteiger partial charge in [-0.3, -0.25) is 4.79 Å². The third-order valence-electron chi connectivity index (χ3n) is 3.40. The van der Waals surface area contributed by atoms with Gasteiger partial charge in [0, 0.05) is 21.1 Å². The highest BCUT2D eigenvalue weighted by atomic mass is 79.9. The van der Waals surface area contributed by atoms with Gasteiger partial charge in [0.05, 0.1) is 0 Å². The molecular weight excluding hydrogens is 356 g/mol.